The molecular weight excluding hydrogens is 394 g/mol. The minimum absolute atomic E-state index is 0.287. The monoisotopic (exact) mass is 415 g/mol. The Labute approximate surface area is 178 Å². The summed E-state index contributed by atoms with van der Waals surface area (Å²) in [5, 5.41) is 9.09. The van der Waals surface area contributed by atoms with E-state index < -0.39 is 11.2 Å². The number of methoxy groups -OCH3 is 1. The van der Waals surface area contributed by atoms with Gasteiger partial charge in [-0.05, 0) is 36.2 Å². The van der Waals surface area contributed by atoms with E-state index in [-0.39, 0.29) is 6.54 Å². The highest BCUT2D eigenvalue weighted by atomic mass is 16.5. The van der Waals surface area contributed by atoms with Gasteiger partial charge in [0.05, 0.1) is 18.2 Å². The van der Waals surface area contributed by atoms with Crippen LogP contribution in [0.1, 0.15) is 17.5 Å². The predicted molar refractivity (Wildman–Crippen MR) is 117 cm³/mol. The van der Waals surface area contributed by atoms with Gasteiger partial charge in [-0.15, -0.1) is 0 Å². The summed E-state index contributed by atoms with van der Waals surface area (Å²) in [6.07, 6.45) is 0.669. The van der Waals surface area contributed by atoms with E-state index in [0.29, 0.717) is 42.1 Å². The van der Waals surface area contributed by atoms with E-state index in [0.717, 1.165) is 11.1 Å². The van der Waals surface area contributed by atoms with Gasteiger partial charge in [-0.2, -0.15) is 5.26 Å². The number of imidazole rings is 1. The van der Waals surface area contributed by atoms with Crippen LogP contribution in [0.15, 0.2) is 64.2 Å². The number of hydrogen-bond donors (Lipinski definition) is 1. The largest absolute Gasteiger partial charge is 0.385 e. The fourth-order valence-electron chi connectivity index (χ4n) is 3.58. The van der Waals surface area contributed by atoms with Gasteiger partial charge < -0.3 is 9.30 Å². The first kappa shape index (κ1) is 20.3. The molecule has 0 bridgehead atoms. The van der Waals surface area contributed by atoms with Gasteiger partial charge in [0.2, 0.25) is 0 Å². The average molecular weight is 415 g/mol. The third kappa shape index (κ3) is 4.04. The molecule has 0 amide bonds. The lowest BCUT2D eigenvalue weighted by molar-refractivity contribution is 0.191. The van der Waals surface area contributed by atoms with Crippen LogP contribution in [0.4, 0.5) is 0 Å². The Morgan fingerprint density at radius 2 is 1.81 bits per heavy atom. The SMILES string of the molecule is COCCCn1c(-c2ccc(C#N)cc2)nc2c1c(=O)[nH]c(=O)n2Cc1ccccc1. The quantitative estimate of drug-likeness (QED) is 0.467. The van der Waals surface area contributed by atoms with Crippen molar-refractivity contribution in [2.75, 3.05) is 13.7 Å². The molecule has 0 unspecified atom stereocenters. The second-order valence-corrected chi connectivity index (χ2v) is 7.13. The summed E-state index contributed by atoms with van der Waals surface area (Å²) in [6, 6.07) is 18.6. The van der Waals surface area contributed by atoms with Crippen molar-refractivity contribution in [2.45, 2.75) is 19.5 Å². The second-order valence-electron chi connectivity index (χ2n) is 7.13. The number of rotatable bonds is 7. The second kappa shape index (κ2) is 8.81. The molecule has 0 saturated carbocycles. The van der Waals surface area contributed by atoms with Crippen molar-refractivity contribution in [3.8, 4) is 17.5 Å². The van der Waals surface area contributed by atoms with Crippen LogP contribution in [0.5, 0.6) is 0 Å². The molecule has 0 fully saturated rings. The van der Waals surface area contributed by atoms with Crippen molar-refractivity contribution in [2.24, 2.45) is 0 Å². The van der Waals surface area contributed by atoms with Crippen molar-refractivity contribution in [1.82, 2.24) is 19.1 Å². The molecule has 0 aliphatic rings. The molecule has 156 valence electrons. The average Bonchev–Trinajstić information content (AvgIpc) is 3.17. The summed E-state index contributed by atoms with van der Waals surface area (Å²) < 4.78 is 8.46. The van der Waals surface area contributed by atoms with Crippen LogP contribution in [0.25, 0.3) is 22.6 Å². The van der Waals surface area contributed by atoms with Gasteiger partial charge in [-0.1, -0.05) is 30.3 Å². The number of benzene rings is 2. The van der Waals surface area contributed by atoms with E-state index in [1.54, 1.807) is 31.4 Å². The number of aryl methyl sites for hydroxylation is 1. The molecule has 0 aliphatic carbocycles. The Balaban J connectivity index is 1.93. The summed E-state index contributed by atoms with van der Waals surface area (Å²) in [4.78, 5) is 32.6. The van der Waals surface area contributed by atoms with Crippen LogP contribution in [0.2, 0.25) is 0 Å². The Kier molecular flexibility index (Phi) is 5.78. The Morgan fingerprint density at radius 3 is 2.48 bits per heavy atom. The number of aromatic amines is 1. The van der Waals surface area contributed by atoms with Gasteiger partial charge in [0.1, 0.15) is 5.82 Å². The molecule has 0 spiro atoms. The summed E-state index contributed by atoms with van der Waals surface area (Å²) in [6.45, 7) is 1.30. The lowest BCUT2D eigenvalue weighted by atomic mass is 10.1. The van der Waals surface area contributed by atoms with Crippen molar-refractivity contribution >= 4 is 11.2 Å². The van der Waals surface area contributed by atoms with Crippen LogP contribution >= 0.6 is 0 Å². The Morgan fingerprint density at radius 1 is 1.06 bits per heavy atom. The van der Waals surface area contributed by atoms with Crippen LogP contribution < -0.4 is 11.2 Å². The molecule has 31 heavy (non-hydrogen) atoms. The molecule has 2 heterocycles. The first-order valence-corrected chi connectivity index (χ1v) is 9.89. The standard InChI is InChI=1S/C23H21N5O3/c1-31-13-5-12-27-19-21(25-20(27)18-10-8-16(14-24)9-11-18)28(23(30)26-22(19)29)15-17-6-3-2-4-7-17/h2-4,6-11H,5,12-13,15H2,1H3,(H,26,29,30). The van der Waals surface area contributed by atoms with E-state index in [1.807, 2.05) is 34.9 Å². The van der Waals surface area contributed by atoms with E-state index in [2.05, 4.69) is 11.1 Å². The maximum absolute atomic E-state index is 12.8. The molecule has 0 saturated heterocycles. The number of nitrogens with one attached hydrogen (secondary N) is 1. The van der Waals surface area contributed by atoms with Gasteiger partial charge >= 0.3 is 5.69 Å². The zero-order chi connectivity index (χ0) is 21.8. The molecule has 8 nitrogen and oxygen atoms in total. The van der Waals surface area contributed by atoms with E-state index in [1.165, 1.54) is 4.57 Å². The highest BCUT2D eigenvalue weighted by Crippen LogP contribution is 2.24. The smallest absolute Gasteiger partial charge is 0.330 e. The fraction of sp³-hybridized carbons (Fsp3) is 0.217. The number of nitrogens with zero attached hydrogens (tertiary/aromatic N) is 4. The molecule has 4 rings (SSSR count). The molecule has 0 radical (unpaired) electrons. The van der Waals surface area contributed by atoms with Crippen LogP contribution in [-0.2, 0) is 17.8 Å². The van der Waals surface area contributed by atoms with Gasteiger partial charge in [0.15, 0.2) is 11.2 Å². The van der Waals surface area contributed by atoms with E-state index in [9.17, 15) is 9.59 Å². The van der Waals surface area contributed by atoms with Gasteiger partial charge in [-0.25, -0.2) is 9.78 Å². The van der Waals surface area contributed by atoms with Crippen molar-refractivity contribution in [1.29, 1.82) is 5.26 Å². The summed E-state index contributed by atoms with van der Waals surface area (Å²) in [7, 11) is 1.62. The summed E-state index contributed by atoms with van der Waals surface area (Å²) in [5.41, 5.74) is 1.89. The predicted octanol–water partition coefficient (Wildman–Crippen LogP) is 2.51. The highest BCUT2D eigenvalue weighted by molar-refractivity contribution is 5.77. The molecule has 2 aromatic carbocycles. The molecule has 4 aromatic rings. The number of fused-ring (bicyclic) bond motifs is 1. The topological polar surface area (TPSA) is 106 Å². The first-order chi connectivity index (χ1) is 15.1. The lowest BCUT2D eigenvalue weighted by Crippen LogP contribution is -2.31. The highest BCUT2D eigenvalue weighted by Gasteiger charge is 2.19. The number of ether oxygens (including phenoxy) is 1. The Hall–Kier alpha value is -3.96. The number of H-pyrrole nitrogens is 1. The van der Waals surface area contributed by atoms with Crippen LogP contribution in [-0.4, -0.2) is 32.8 Å². The number of aromatic nitrogens is 4. The summed E-state index contributed by atoms with van der Waals surface area (Å²) >= 11 is 0. The minimum atomic E-state index is -0.505. The van der Waals surface area contributed by atoms with Crippen molar-refractivity contribution in [3.63, 3.8) is 0 Å². The first-order valence-electron chi connectivity index (χ1n) is 9.89. The summed E-state index contributed by atoms with van der Waals surface area (Å²) in [5.74, 6) is 0.563. The van der Waals surface area contributed by atoms with E-state index >= 15 is 0 Å². The van der Waals surface area contributed by atoms with Crippen LogP contribution in [0.3, 0.4) is 0 Å². The van der Waals surface area contributed by atoms with Crippen molar-refractivity contribution < 1.29 is 4.74 Å². The lowest BCUT2D eigenvalue weighted by Gasteiger charge is -2.09. The molecule has 0 aliphatic heterocycles. The van der Waals surface area contributed by atoms with E-state index in [4.69, 9.17) is 15.0 Å². The zero-order valence-corrected chi connectivity index (χ0v) is 17.0. The van der Waals surface area contributed by atoms with Gasteiger partial charge in [-0.3, -0.25) is 14.3 Å². The molecule has 0 atom stereocenters. The minimum Gasteiger partial charge on any atom is -0.385 e. The molecule has 2 aromatic heterocycles. The van der Waals surface area contributed by atoms with Crippen molar-refractivity contribution in [3.05, 3.63) is 86.6 Å². The maximum Gasteiger partial charge on any atom is 0.330 e. The molecule has 8 heteroatoms. The third-order valence-electron chi connectivity index (χ3n) is 5.07. The normalized spacial score (nSPS) is 11.0. The zero-order valence-electron chi connectivity index (χ0n) is 17.0. The molecular formula is C23H21N5O3. The third-order valence-corrected chi connectivity index (χ3v) is 5.07. The number of hydrogen-bond acceptors (Lipinski definition) is 5. The fourth-order valence-corrected chi connectivity index (χ4v) is 3.58. The Bertz CT molecular complexity index is 1360. The van der Waals surface area contributed by atoms with Gasteiger partial charge in [0.25, 0.3) is 5.56 Å². The van der Waals surface area contributed by atoms with Crippen LogP contribution in [0, 0.1) is 11.3 Å². The number of nitriles is 1. The molecule has 1 N–H and O–H groups in total. The van der Waals surface area contributed by atoms with Gasteiger partial charge in [0, 0.05) is 25.8 Å². The maximum atomic E-state index is 12.8.